The minimum atomic E-state index is -0.910. The molecule has 0 aliphatic rings. The Kier molecular flexibility index (Phi) is 4.05. The number of H-pyrrole nitrogens is 1. The van der Waals surface area contributed by atoms with E-state index in [0.717, 1.165) is 21.2 Å². The summed E-state index contributed by atoms with van der Waals surface area (Å²) >= 11 is 1.46. The molecule has 0 aliphatic carbocycles. The predicted molar refractivity (Wildman–Crippen MR) is 104 cm³/mol. The first kappa shape index (κ1) is 16.5. The lowest BCUT2D eigenvalue weighted by Gasteiger charge is -2.02. The number of thiophene rings is 1. The van der Waals surface area contributed by atoms with Crippen LogP contribution < -0.4 is 5.56 Å². The molecule has 2 heterocycles. The zero-order chi connectivity index (χ0) is 18.3. The highest BCUT2D eigenvalue weighted by Crippen LogP contribution is 2.33. The van der Waals surface area contributed by atoms with Crippen molar-refractivity contribution in [2.24, 2.45) is 0 Å². The summed E-state index contributed by atoms with van der Waals surface area (Å²) in [7, 11) is 0. The van der Waals surface area contributed by atoms with Crippen molar-refractivity contribution in [1.82, 2.24) is 9.97 Å². The molecule has 0 amide bonds. The molecule has 0 spiro atoms. The first-order valence-corrected chi connectivity index (χ1v) is 9.07. The maximum absolute atomic E-state index is 12.5. The van der Waals surface area contributed by atoms with Crippen molar-refractivity contribution in [3.05, 3.63) is 64.2 Å². The largest absolute Gasteiger partial charge is 0.481 e. The van der Waals surface area contributed by atoms with E-state index in [1.807, 2.05) is 12.1 Å². The molecule has 0 saturated heterocycles. The number of nitrogens with one attached hydrogen (secondary N) is 1. The van der Waals surface area contributed by atoms with Crippen LogP contribution in [0.25, 0.3) is 31.4 Å². The van der Waals surface area contributed by atoms with E-state index in [9.17, 15) is 9.59 Å². The quantitative estimate of drug-likeness (QED) is 0.570. The standard InChI is InChI=1S/C20H16N2O3S/c1-11-2-4-12(5-3-11)13-6-7-14-15(10-13)26-20-18(14)19(25)21-16(22-20)8-9-17(23)24/h2-7,10H,8-9H2,1H3,(H,23,24)(H,21,22,25). The Hall–Kier alpha value is -2.99. The van der Waals surface area contributed by atoms with E-state index in [0.29, 0.717) is 16.0 Å². The summed E-state index contributed by atoms with van der Waals surface area (Å²) in [6, 6.07) is 14.4. The predicted octanol–water partition coefficient (Wildman–Crippen LogP) is 4.13. The Morgan fingerprint density at radius 1 is 1.15 bits per heavy atom. The van der Waals surface area contributed by atoms with Crippen molar-refractivity contribution in [2.75, 3.05) is 0 Å². The summed E-state index contributed by atoms with van der Waals surface area (Å²) in [5.74, 6) is -0.498. The van der Waals surface area contributed by atoms with Crippen LogP contribution in [0.15, 0.2) is 47.3 Å². The van der Waals surface area contributed by atoms with Gasteiger partial charge in [0.25, 0.3) is 5.56 Å². The number of aliphatic carboxylic acids is 1. The number of aromatic nitrogens is 2. The number of nitrogens with zero attached hydrogens (tertiary/aromatic N) is 1. The van der Waals surface area contributed by atoms with Crippen molar-refractivity contribution in [2.45, 2.75) is 19.8 Å². The van der Waals surface area contributed by atoms with Crippen LogP contribution in [0, 0.1) is 6.92 Å². The van der Waals surface area contributed by atoms with Gasteiger partial charge < -0.3 is 10.1 Å². The third kappa shape index (κ3) is 2.99. The Morgan fingerprint density at radius 2 is 1.88 bits per heavy atom. The Balaban J connectivity index is 1.82. The molecule has 4 rings (SSSR count). The van der Waals surface area contributed by atoms with Crippen LogP contribution in [0.1, 0.15) is 17.8 Å². The molecule has 130 valence electrons. The van der Waals surface area contributed by atoms with Crippen LogP contribution in [0.2, 0.25) is 0 Å². The number of aryl methyl sites for hydroxylation is 2. The lowest BCUT2D eigenvalue weighted by Crippen LogP contribution is -2.12. The fraction of sp³-hybridized carbons (Fsp3) is 0.150. The molecule has 0 fully saturated rings. The summed E-state index contributed by atoms with van der Waals surface area (Å²) in [6.45, 7) is 2.05. The van der Waals surface area contributed by atoms with Crippen molar-refractivity contribution < 1.29 is 9.90 Å². The van der Waals surface area contributed by atoms with Crippen LogP contribution in [-0.4, -0.2) is 21.0 Å². The number of fused-ring (bicyclic) bond motifs is 3. The molecular weight excluding hydrogens is 348 g/mol. The van der Waals surface area contributed by atoms with Gasteiger partial charge >= 0.3 is 5.97 Å². The Morgan fingerprint density at radius 3 is 2.62 bits per heavy atom. The van der Waals surface area contributed by atoms with Gasteiger partial charge in [-0.3, -0.25) is 9.59 Å². The zero-order valence-electron chi connectivity index (χ0n) is 14.1. The Bertz CT molecular complexity index is 1190. The molecule has 0 atom stereocenters. The van der Waals surface area contributed by atoms with E-state index in [2.05, 4.69) is 47.2 Å². The molecule has 0 unspecified atom stereocenters. The molecule has 5 nitrogen and oxygen atoms in total. The first-order valence-electron chi connectivity index (χ1n) is 8.25. The van der Waals surface area contributed by atoms with Gasteiger partial charge in [0.05, 0.1) is 11.8 Å². The number of hydrogen-bond donors (Lipinski definition) is 2. The average Bonchev–Trinajstić information content (AvgIpc) is 2.98. The number of carbonyl (C=O) groups is 1. The number of carboxylic acid groups (broad SMARTS) is 1. The van der Waals surface area contributed by atoms with Gasteiger partial charge in [0.2, 0.25) is 0 Å². The molecule has 4 aromatic rings. The molecule has 0 bridgehead atoms. The molecule has 0 saturated carbocycles. The summed E-state index contributed by atoms with van der Waals surface area (Å²) < 4.78 is 0.992. The lowest BCUT2D eigenvalue weighted by molar-refractivity contribution is -0.137. The van der Waals surface area contributed by atoms with Crippen LogP contribution in [-0.2, 0) is 11.2 Å². The van der Waals surface area contributed by atoms with Crippen molar-refractivity contribution >= 4 is 37.6 Å². The van der Waals surface area contributed by atoms with E-state index in [4.69, 9.17) is 5.11 Å². The number of rotatable bonds is 4. The number of carboxylic acids is 1. The zero-order valence-corrected chi connectivity index (χ0v) is 14.9. The second-order valence-electron chi connectivity index (χ2n) is 6.27. The van der Waals surface area contributed by atoms with Gasteiger partial charge in [-0.05, 0) is 24.1 Å². The van der Waals surface area contributed by atoms with Crippen molar-refractivity contribution in [3.63, 3.8) is 0 Å². The molecule has 2 aromatic carbocycles. The summed E-state index contributed by atoms with van der Waals surface area (Å²) in [4.78, 5) is 31.0. The summed E-state index contributed by atoms with van der Waals surface area (Å²) in [6.07, 6.45) is 0.153. The number of hydrogen-bond acceptors (Lipinski definition) is 4. The maximum Gasteiger partial charge on any atom is 0.303 e. The highest BCUT2D eigenvalue weighted by Gasteiger charge is 2.13. The Labute approximate surface area is 153 Å². The van der Waals surface area contributed by atoms with Crippen LogP contribution in [0.4, 0.5) is 0 Å². The van der Waals surface area contributed by atoms with E-state index >= 15 is 0 Å². The maximum atomic E-state index is 12.5. The molecule has 0 radical (unpaired) electrons. The van der Waals surface area contributed by atoms with E-state index in [1.165, 1.54) is 16.9 Å². The van der Waals surface area contributed by atoms with E-state index in [1.54, 1.807) is 0 Å². The molecular formula is C20H16N2O3S. The topological polar surface area (TPSA) is 83.0 Å². The van der Waals surface area contributed by atoms with Crippen molar-refractivity contribution in [3.8, 4) is 11.1 Å². The lowest BCUT2D eigenvalue weighted by atomic mass is 10.0. The normalized spacial score (nSPS) is 11.3. The monoisotopic (exact) mass is 364 g/mol. The van der Waals surface area contributed by atoms with Gasteiger partial charge in [0, 0.05) is 16.5 Å². The summed E-state index contributed by atoms with van der Waals surface area (Å²) in [5, 5.41) is 10.3. The van der Waals surface area contributed by atoms with Gasteiger partial charge in [-0.15, -0.1) is 11.3 Å². The smallest absolute Gasteiger partial charge is 0.303 e. The van der Waals surface area contributed by atoms with Crippen LogP contribution in [0.5, 0.6) is 0 Å². The SMILES string of the molecule is Cc1ccc(-c2ccc3c(c2)sc2nc(CCC(=O)O)[nH]c(=O)c23)cc1. The third-order valence-corrected chi connectivity index (χ3v) is 5.40. The highest BCUT2D eigenvalue weighted by atomic mass is 32.1. The fourth-order valence-electron chi connectivity index (χ4n) is 3.00. The molecule has 6 heteroatoms. The van der Waals surface area contributed by atoms with Gasteiger partial charge in [-0.25, -0.2) is 4.98 Å². The van der Waals surface area contributed by atoms with E-state index in [-0.39, 0.29) is 18.4 Å². The van der Waals surface area contributed by atoms with Gasteiger partial charge in [0.15, 0.2) is 0 Å². The molecule has 26 heavy (non-hydrogen) atoms. The summed E-state index contributed by atoms with van der Waals surface area (Å²) in [5.41, 5.74) is 3.21. The number of aromatic amines is 1. The third-order valence-electron chi connectivity index (χ3n) is 4.35. The molecule has 2 aromatic heterocycles. The van der Waals surface area contributed by atoms with Gasteiger partial charge in [0.1, 0.15) is 10.7 Å². The molecule has 0 aliphatic heterocycles. The van der Waals surface area contributed by atoms with E-state index < -0.39 is 5.97 Å². The first-order chi connectivity index (χ1) is 12.5. The highest BCUT2D eigenvalue weighted by molar-refractivity contribution is 7.25. The van der Waals surface area contributed by atoms with Crippen LogP contribution in [0.3, 0.4) is 0 Å². The fourth-order valence-corrected chi connectivity index (χ4v) is 4.13. The minimum Gasteiger partial charge on any atom is -0.481 e. The molecule has 2 N–H and O–H groups in total. The minimum absolute atomic E-state index is 0.0586. The number of benzene rings is 2. The van der Waals surface area contributed by atoms with Crippen LogP contribution >= 0.6 is 11.3 Å². The van der Waals surface area contributed by atoms with Gasteiger partial charge in [-0.1, -0.05) is 42.0 Å². The second kappa shape index (κ2) is 6.38. The second-order valence-corrected chi connectivity index (χ2v) is 7.30. The van der Waals surface area contributed by atoms with Gasteiger partial charge in [-0.2, -0.15) is 0 Å². The van der Waals surface area contributed by atoms with Crippen molar-refractivity contribution in [1.29, 1.82) is 0 Å². The average molecular weight is 364 g/mol.